The van der Waals surface area contributed by atoms with E-state index < -0.39 is 0 Å². The second-order valence-corrected chi connectivity index (χ2v) is 2.28. The highest BCUT2D eigenvalue weighted by Gasteiger charge is 2.49. The Morgan fingerprint density at radius 2 is 2.29 bits per heavy atom. The molecule has 40 valence electrons. The van der Waals surface area contributed by atoms with E-state index >= 15 is 0 Å². The highest BCUT2D eigenvalue weighted by Crippen LogP contribution is 2.38. The zero-order chi connectivity index (χ0) is 4.85. The molecule has 0 spiro atoms. The lowest BCUT2D eigenvalue weighted by molar-refractivity contribution is 0.119. The van der Waals surface area contributed by atoms with Gasteiger partial charge in [-0.3, -0.25) is 0 Å². The Morgan fingerprint density at radius 3 is 2.43 bits per heavy atom. The average molecular weight is 100 g/mol. The Morgan fingerprint density at radius 1 is 1.43 bits per heavy atom. The van der Waals surface area contributed by atoms with E-state index in [2.05, 4.69) is 0 Å². The van der Waals surface area contributed by atoms with Crippen LogP contribution in [0.1, 0.15) is 12.8 Å². The fourth-order valence-electron chi connectivity index (χ4n) is 1.23. The molecule has 2 heteroatoms. The van der Waals surface area contributed by atoms with Gasteiger partial charge in [0.05, 0.1) is 12.2 Å². The van der Waals surface area contributed by atoms with Crippen LogP contribution >= 0.6 is 0 Å². The van der Waals surface area contributed by atoms with Crippen LogP contribution in [0.4, 0.5) is 0 Å². The maximum Gasteiger partial charge on any atom is 0.110 e. The van der Waals surface area contributed by atoms with E-state index in [4.69, 9.17) is 9.84 Å². The second kappa shape index (κ2) is 1.01. The van der Waals surface area contributed by atoms with Crippen LogP contribution in [0.25, 0.3) is 0 Å². The molecule has 1 saturated carbocycles. The summed E-state index contributed by atoms with van der Waals surface area (Å²) >= 11 is 0. The molecule has 2 aliphatic rings. The zero-order valence-corrected chi connectivity index (χ0v) is 4.00. The van der Waals surface area contributed by atoms with Gasteiger partial charge in [-0.2, -0.15) is 0 Å². The van der Waals surface area contributed by atoms with Crippen LogP contribution in [0.3, 0.4) is 0 Å². The van der Waals surface area contributed by atoms with Gasteiger partial charge in [0.25, 0.3) is 0 Å². The number of fused-ring (bicyclic) bond motifs is 1. The molecule has 7 heavy (non-hydrogen) atoms. The highest BCUT2D eigenvalue weighted by atomic mass is 16.6. The van der Waals surface area contributed by atoms with Crippen molar-refractivity contribution < 1.29 is 9.84 Å². The number of aliphatic hydroxyl groups excluding tert-OH is 1. The SMILES string of the molecule is O[C@H]1CC[C@H]2O[C@@H]12. The van der Waals surface area contributed by atoms with Crippen LogP contribution in [0.5, 0.6) is 0 Å². The van der Waals surface area contributed by atoms with Gasteiger partial charge in [0.15, 0.2) is 0 Å². The van der Waals surface area contributed by atoms with Crippen molar-refractivity contribution in [1.29, 1.82) is 0 Å². The normalized spacial score (nSPS) is 57.0. The van der Waals surface area contributed by atoms with Gasteiger partial charge in [-0.1, -0.05) is 0 Å². The third kappa shape index (κ3) is 0.409. The molecule has 2 nitrogen and oxygen atoms in total. The quantitative estimate of drug-likeness (QED) is 0.431. The van der Waals surface area contributed by atoms with Gasteiger partial charge in [-0.25, -0.2) is 0 Å². The standard InChI is InChI=1S/C5H8O2/c6-3-1-2-4-5(3)7-4/h3-6H,1-2H2/t3-,4+,5-/m0/s1. The lowest BCUT2D eigenvalue weighted by Crippen LogP contribution is -2.08. The molecule has 0 unspecified atom stereocenters. The van der Waals surface area contributed by atoms with Crippen LogP contribution in [-0.2, 0) is 4.74 Å². The Kier molecular flexibility index (Phi) is 0.557. The Labute approximate surface area is 42.1 Å². The van der Waals surface area contributed by atoms with Gasteiger partial charge in [0.2, 0.25) is 0 Å². The lowest BCUT2D eigenvalue weighted by Gasteiger charge is -1.96. The van der Waals surface area contributed by atoms with E-state index in [-0.39, 0.29) is 12.2 Å². The molecule has 1 saturated heterocycles. The maximum atomic E-state index is 8.91. The van der Waals surface area contributed by atoms with Gasteiger partial charge in [0, 0.05) is 0 Å². The van der Waals surface area contributed by atoms with Gasteiger partial charge >= 0.3 is 0 Å². The average Bonchev–Trinajstić information content (AvgIpc) is 2.33. The molecule has 0 aromatic heterocycles. The summed E-state index contributed by atoms with van der Waals surface area (Å²) in [7, 11) is 0. The van der Waals surface area contributed by atoms with Crippen molar-refractivity contribution in [3.8, 4) is 0 Å². The van der Waals surface area contributed by atoms with Crippen molar-refractivity contribution in [2.75, 3.05) is 0 Å². The van der Waals surface area contributed by atoms with Crippen molar-refractivity contribution in [3.63, 3.8) is 0 Å². The molecular formula is C5H8O2. The smallest absolute Gasteiger partial charge is 0.110 e. The van der Waals surface area contributed by atoms with Crippen molar-refractivity contribution in [1.82, 2.24) is 0 Å². The fraction of sp³-hybridized carbons (Fsp3) is 1.00. The Bertz CT molecular complexity index is 92.1. The first-order chi connectivity index (χ1) is 3.38. The molecule has 2 rings (SSSR count). The molecule has 0 amide bonds. The molecule has 0 aromatic carbocycles. The third-order valence-corrected chi connectivity index (χ3v) is 1.75. The van der Waals surface area contributed by atoms with E-state index in [0.29, 0.717) is 6.10 Å². The molecule has 0 aromatic rings. The first-order valence-electron chi connectivity index (χ1n) is 2.71. The molecule has 0 radical (unpaired) electrons. The van der Waals surface area contributed by atoms with Crippen LogP contribution in [-0.4, -0.2) is 23.4 Å². The summed E-state index contributed by atoms with van der Waals surface area (Å²) in [5.74, 6) is 0. The predicted molar refractivity (Wildman–Crippen MR) is 23.9 cm³/mol. The van der Waals surface area contributed by atoms with Gasteiger partial charge < -0.3 is 9.84 Å². The van der Waals surface area contributed by atoms with E-state index in [9.17, 15) is 0 Å². The number of hydrogen-bond donors (Lipinski definition) is 1. The maximum absolute atomic E-state index is 8.91. The van der Waals surface area contributed by atoms with E-state index in [1.165, 1.54) is 0 Å². The molecule has 1 N–H and O–H groups in total. The summed E-state index contributed by atoms with van der Waals surface area (Å²) in [5, 5.41) is 8.91. The van der Waals surface area contributed by atoms with Crippen LogP contribution in [0.2, 0.25) is 0 Å². The van der Waals surface area contributed by atoms with Crippen LogP contribution in [0, 0.1) is 0 Å². The highest BCUT2D eigenvalue weighted by molar-refractivity contribution is 4.97. The van der Waals surface area contributed by atoms with Crippen molar-refractivity contribution in [3.05, 3.63) is 0 Å². The number of hydrogen-bond acceptors (Lipinski definition) is 2. The largest absolute Gasteiger partial charge is 0.390 e. The summed E-state index contributed by atoms with van der Waals surface area (Å²) in [4.78, 5) is 0. The third-order valence-electron chi connectivity index (χ3n) is 1.75. The van der Waals surface area contributed by atoms with E-state index in [0.717, 1.165) is 12.8 Å². The second-order valence-electron chi connectivity index (χ2n) is 2.28. The Balaban J connectivity index is 2.08. The Hall–Kier alpha value is -0.0800. The molecule has 3 atom stereocenters. The molecule has 1 aliphatic heterocycles. The topological polar surface area (TPSA) is 32.8 Å². The lowest BCUT2D eigenvalue weighted by atomic mass is 10.3. The molecule has 0 bridgehead atoms. The number of ether oxygens (including phenoxy) is 1. The fourth-order valence-corrected chi connectivity index (χ4v) is 1.23. The van der Waals surface area contributed by atoms with Crippen LogP contribution in [0.15, 0.2) is 0 Å². The van der Waals surface area contributed by atoms with Gasteiger partial charge in [-0.05, 0) is 12.8 Å². The van der Waals surface area contributed by atoms with Gasteiger partial charge in [-0.15, -0.1) is 0 Å². The minimum Gasteiger partial charge on any atom is -0.390 e. The molecule has 2 fully saturated rings. The number of rotatable bonds is 0. The van der Waals surface area contributed by atoms with E-state index in [1.54, 1.807) is 0 Å². The molecular weight excluding hydrogens is 92.1 g/mol. The summed E-state index contributed by atoms with van der Waals surface area (Å²) < 4.78 is 5.02. The van der Waals surface area contributed by atoms with Crippen molar-refractivity contribution in [2.24, 2.45) is 0 Å². The van der Waals surface area contributed by atoms with E-state index in [1.807, 2.05) is 0 Å². The van der Waals surface area contributed by atoms with Gasteiger partial charge in [0.1, 0.15) is 6.10 Å². The zero-order valence-electron chi connectivity index (χ0n) is 4.00. The summed E-state index contributed by atoms with van der Waals surface area (Å²) in [6.07, 6.45) is 2.57. The number of aliphatic hydroxyl groups is 1. The van der Waals surface area contributed by atoms with Crippen molar-refractivity contribution in [2.45, 2.75) is 31.2 Å². The predicted octanol–water partition coefficient (Wildman–Crippen LogP) is -0.0915. The minimum absolute atomic E-state index is 0.134. The molecule has 1 aliphatic carbocycles. The van der Waals surface area contributed by atoms with Crippen molar-refractivity contribution >= 4 is 0 Å². The van der Waals surface area contributed by atoms with Crippen LogP contribution < -0.4 is 0 Å². The first kappa shape index (κ1) is 3.87. The summed E-state index contributed by atoms with van der Waals surface area (Å²) in [6.45, 7) is 0. The first-order valence-corrected chi connectivity index (χ1v) is 2.71. The number of epoxide rings is 1. The summed E-state index contributed by atoms with van der Waals surface area (Å²) in [6, 6.07) is 0. The monoisotopic (exact) mass is 100 g/mol. The molecule has 1 heterocycles. The minimum atomic E-state index is -0.134. The summed E-state index contributed by atoms with van der Waals surface area (Å²) in [5.41, 5.74) is 0.